The Morgan fingerprint density at radius 2 is 2.13 bits per heavy atom. The Labute approximate surface area is 90.0 Å². The number of hydrogen-bond donors (Lipinski definition) is 1. The molecule has 1 aliphatic carbocycles. The van der Waals surface area contributed by atoms with Gasteiger partial charge in [0.1, 0.15) is 5.75 Å². The van der Waals surface area contributed by atoms with E-state index in [1.54, 1.807) is 6.07 Å². The highest BCUT2D eigenvalue weighted by molar-refractivity contribution is 7.32. The fourth-order valence-electron chi connectivity index (χ4n) is 2.22. The molecule has 4 heteroatoms. The van der Waals surface area contributed by atoms with Gasteiger partial charge >= 0.3 is 8.25 Å². The zero-order valence-corrected chi connectivity index (χ0v) is 9.91. The van der Waals surface area contributed by atoms with Gasteiger partial charge in [-0.3, -0.25) is 0 Å². The lowest BCUT2D eigenvalue weighted by molar-refractivity contribution is 0.384. The van der Waals surface area contributed by atoms with Crippen LogP contribution >= 0.6 is 8.25 Å². The van der Waals surface area contributed by atoms with Crippen LogP contribution in [0.3, 0.4) is 0 Å². The van der Waals surface area contributed by atoms with Crippen molar-refractivity contribution in [2.24, 2.45) is 5.41 Å². The minimum Gasteiger partial charge on any atom is -0.426 e. The van der Waals surface area contributed by atoms with Gasteiger partial charge < -0.3 is 9.42 Å². The van der Waals surface area contributed by atoms with Crippen molar-refractivity contribution in [1.82, 2.24) is 0 Å². The molecular formula is C11H15O3P. The van der Waals surface area contributed by atoms with Gasteiger partial charge in [-0.25, -0.2) is 4.57 Å². The van der Waals surface area contributed by atoms with Crippen molar-refractivity contribution < 1.29 is 14.0 Å². The fraction of sp³-hybridized carbons (Fsp3) is 0.455. The first-order valence-electron chi connectivity index (χ1n) is 4.99. The first kappa shape index (κ1) is 10.7. The first-order chi connectivity index (χ1) is 6.98. The van der Waals surface area contributed by atoms with Crippen molar-refractivity contribution in [3.63, 3.8) is 0 Å². The normalized spacial score (nSPS) is 19.7. The van der Waals surface area contributed by atoms with Crippen LogP contribution in [0.1, 0.15) is 25.0 Å². The van der Waals surface area contributed by atoms with Gasteiger partial charge in [0.25, 0.3) is 0 Å². The molecule has 0 amide bonds. The molecular weight excluding hydrogens is 211 g/mol. The largest absolute Gasteiger partial charge is 0.426 e. The van der Waals surface area contributed by atoms with E-state index < -0.39 is 8.25 Å². The molecule has 3 nitrogen and oxygen atoms in total. The molecule has 0 aliphatic heterocycles. The van der Waals surface area contributed by atoms with E-state index in [2.05, 4.69) is 19.9 Å². The van der Waals surface area contributed by atoms with Crippen molar-refractivity contribution in [3.8, 4) is 5.75 Å². The van der Waals surface area contributed by atoms with E-state index in [9.17, 15) is 4.57 Å². The molecule has 0 spiro atoms. The zero-order chi connectivity index (χ0) is 11.1. The second kappa shape index (κ2) is 3.66. The highest BCUT2D eigenvalue weighted by Crippen LogP contribution is 2.42. The molecule has 0 saturated carbocycles. The van der Waals surface area contributed by atoms with E-state index in [0.717, 1.165) is 18.4 Å². The third-order valence-electron chi connectivity index (χ3n) is 2.75. The fourth-order valence-corrected chi connectivity index (χ4v) is 2.60. The minimum atomic E-state index is -2.89. The van der Waals surface area contributed by atoms with E-state index in [1.165, 1.54) is 5.56 Å². The summed E-state index contributed by atoms with van der Waals surface area (Å²) in [7, 11) is -2.89. The maximum Gasteiger partial charge on any atom is 0.365 e. The Morgan fingerprint density at radius 1 is 1.40 bits per heavy atom. The molecule has 1 unspecified atom stereocenters. The SMILES string of the molecule is CC1(C)Cc2cccc(O[PH](=O)O)c2C1. The zero-order valence-electron chi connectivity index (χ0n) is 8.91. The van der Waals surface area contributed by atoms with E-state index in [0.29, 0.717) is 5.75 Å². The number of hydrogen-bond acceptors (Lipinski definition) is 2. The predicted molar refractivity (Wildman–Crippen MR) is 59.5 cm³/mol. The average molecular weight is 226 g/mol. The topological polar surface area (TPSA) is 46.5 Å². The molecule has 1 N–H and O–H groups in total. The minimum absolute atomic E-state index is 0.229. The molecule has 1 aromatic carbocycles. The molecule has 0 aromatic heterocycles. The summed E-state index contributed by atoms with van der Waals surface area (Å²) in [6, 6.07) is 5.70. The Morgan fingerprint density at radius 3 is 2.80 bits per heavy atom. The molecule has 0 fully saturated rings. The quantitative estimate of drug-likeness (QED) is 0.788. The van der Waals surface area contributed by atoms with Gasteiger partial charge in [-0.15, -0.1) is 0 Å². The first-order valence-corrected chi connectivity index (χ1v) is 6.26. The predicted octanol–water partition coefficient (Wildman–Crippen LogP) is 2.57. The third-order valence-corrected chi connectivity index (χ3v) is 3.15. The second-order valence-electron chi connectivity index (χ2n) is 4.78. The van der Waals surface area contributed by atoms with Crippen molar-refractivity contribution in [2.45, 2.75) is 26.7 Å². The van der Waals surface area contributed by atoms with Gasteiger partial charge in [0.2, 0.25) is 0 Å². The molecule has 0 saturated heterocycles. The van der Waals surface area contributed by atoms with Gasteiger partial charge in [-0.2, -0.15) is 0 Å². The lowest BCUT2D eigenvalue weighted by Crippen LogP contribution is -2.09. The molecule has 0 bridgehead atoms. The van der Waals surface area contributed by atoms with Crippen molar-refractivity contribution in [2.75, 3.05) is 0 Å². The van der Waals surface area contributed by atoms with Crippen LogP contribution in [0.2, 0.25) is 0 Å². The number of rotatable bonds is 2. The Balaban J connectivity index is 2.37. The summed E-state index contributed by atoms with van der Waals surface area (Å²) in [4.78, 5) is 8.79. The van der Waals surface area contributed by atoms with Crippen molar-refractivity contribution in [1.29, 1.82) is 0 Å². The van der Waals surface area contributed by atoms with Gasteiger partial charge in [0.15, 0.2) is 0 Å². The van der Waals surface area contributed by atoms with E-state index >= 15 is 0 Å². The number of fused-ring (bicyclic) bond motifs is 1. The Hall–Kier alpha value is -0.790. The van der Waals surface area contributed by atoms with Crippen LogP contribution in [-0.2, 0) is 17.4 Å². The average Bonchev–Trinajstić information content (AvgIpc) is 2.39. The van der Waals surface area contributed by atoms with Gasteiger partial charge in [-0.1, -0.05) is 26.0 Å². The van der Waals surface area contributed by atoms with E-state index in [4.69, 9.17) is 9.42 Å². The van der Waals surface area contributed by atoms with E-state index in [-0.39, 0.29) is 5.41 Å². The second-order valence-corrected chi connectivity index (χ2v) is 5.52. The summed E-state index contributed by atoms with van der Waals surface area (Å²) < 4.78 is 15.6. The highest BCUT2D eigenvalue weighted by atomic mass is 31.1. The lowest BCUT2D eigenvalue weighted by atomic mass is 9.90. The molecule has 2 rings (SSSR count). The summed E-state index contributed by atoms with van der Waals surface area (Å²) >= 11 is 0. The van der Waals surface area contributed by atoms with Crippen LogP contribution in [0.25, 0.3) is 0 Å². The molecule has 15 heavy (non-hydrogen) atoms. The van der Waals surface area contributed by atoms with Gasteiger partial charge in [-0.05, 0) is 35.4 Å². The van der Waals surface area contributed by atoms with Crippen molar-refractivity contribution >= 4 is 8.25 Å². The standard InChI is InChI=1S/C11H15O3P/c1-11(2)6-8-4-3-5-10(9(8)7-11)14-15(12)13/h3-5,15H,6-7H2,1-2H3,(H,12,13). The van der Waals surface area contributed by atoms with Crippen LogP contribution in [0.15, 0.2) is 18.2 Å². The summed E-state index contributed by atoms with van der Waals surface area (Å²) in [6.45, 7) is 4.39. The summed E-state index contributed by atoms with van der Waals surface area (Å²) in [5.41, 5.74) is 2.56. The molecule has 1 aromatic rings. The van der Waals surface area contributed by atoms with Crippen LogP contribution in [0, 0.1) is 5.41 Å². The summed E-state index contributed by atoms with van der Waals surface area (Å²) in [5, 5.41) is 0. The summed E-state index contributed by atoms with van der Waals surface area (Å²) in [6.07, 6.45) is 1.92. The molecule has 82 valence electrons. The molecule has 0 radical (unpaired) electrons. The molecule has 0 heterocycles. The summed E-state index contributed by atoms with van der Waals surface area (Å²) in [5.74, 6) is 0.574. The monoisotopic (exact) mass is 226 g/mol. The van der Waals surface area contributed by atoms with E-state index in [1.807, 2.05) is 6.07 Å². The maximum absolute atomic E-state index is 10.7. The van der Waals surface area contributed by atoms with Crippen LogP contribution in [-0.4, -0.2) is 4.89 Å². The highest BCUT2D eigenvalue weighted by Gasteiger charge is 2.30. The van der Waals surface area contributed by atoms with Crippen LogP contribution < -0.4 is 4.52 Å². The van der Waals surface area contributed by atoms with Crippen LogP contribution in [0.4, 0.5) is 0 Å². The smallest absolute Gasteiger partial charge is 0.365 e. The lowest BCUT2D eigenvalue weighted by Gasteiger charge is -2.15. The molecule has 1 atom stereocenters. The Kier molecular flexibility index (Phi) is 2.61. The van der Waals surface area contributed by atoms with Crippen LogP contribution in [0.5, 0.6) is 5.75 Å². The van der Waals surface area contributed by atoms with Gasteiger partial charge in [0.05, 0.1) is 0 Å². The Bertz CT molecular complexity index is 412. The molecule has 1 aliphatic rings. The maximum atomic E-state index is 10.7. The number of benzene rings is 1. The third kappa shape index (κ3) is 2.24. The van der Waals surface area contributed by atoms with Crippen molar-refractivity contribution in [3.05, 3.63) is 29.3 Å². The van der Waals surface area contributed by atoms with Gasteiger partial charge in [0, 0.05) is 0 Å².